The number of aliphatic hydroxyl groups excluding tert-OH is 1. The van der Waals surface area contributed by atoms with E-state index in [2.05, 4.69) is 17.9 Å². The van der Waals surface area contributed by atoms with E-state index in [0.29, 0.717) is 5.92 Å². The van der Waals surface area contributed by atoms with Gasteiger partial charge in [0.05, 0.1) is 19.8 Å². The van der Waals surface area contributed by atoms with Gasteiger partial charge in [-0.3, -0.25) is 4.90 Å². The van der Waals surface area contributed by atoms with Crippen LogP contribution in [0.25, 0.3) is 0 Å². The number of para-hydroxylation sites is 1. The van der Waals surface area contributed by atoms with Gasteiger partial charge < -0.3 is 15.6 Å². The van der Waals surface area contributed by atoms with Gasteiger partial charge in [0, 0.05) is 17.6 Å². The van der Waals surface area contributed by atoms with Gasteiger partial charge in [0.1, 0.15) is 5.75 Å². The molecule has 0 aromatic heterocycles. The number of methoxy groups -OCH3 is 1. The third-order valence-electron chi connectivity index (χ3n) is 4.43. The molecule has 0 saturated carbocycles. The number of hydrogen-bond acceptors (Lipinski definition) is 4. The largest absolute Gasteiger partial charge is 0.496 e. The summed E-state index contributed by atoms with van der Waals surface area (Å²) in [4.78, 5) is 2.34. The Hall–Kier alpha value is -1.10. The van der Waals surface area contributed by atoms with E-state index in [1.54, 1.807) is 7.11 Å². The summed E-state index contributed by atoms with van der Waals surface area (Å²) >= 11 is 0. The molecule has 1 aliphatic rings. The van der Waals surface area contributed by atoms with Crippen molar-refractivity contribution in [3.8, 4) is 5.75 Å². The lowest BCUT2D eigenvalue weighted by Gasteiger charge is -2.36. The molecule has 112 valence electrons. The van der Waals surface area contributed by atoms with E-state index in [1.165, 1.54) is 0 Å². The molecule has 20 heavy (non-hydrogen) atoms. The van der Waals surface area contributed by atoms with E-state index in [4.69, 9.17) is 10.5 Å². The molecule has 1 saturated heterocycles. The molecule has 2 rings (SSSR count). The van der Waals surface area contributed by atoms with E-state index in [1.807, 2.05) is 25.1 Å². The summed E-state index contributed by atoms with van der Waals surface area (Å²) in [7, 11) is 1.69. The van der Waals surface area contributed by atoms with E-state index in [-0.39, 0.29) is 24.7 Å². The fourth-order valence-electron chi connectivity index (χ4n) is 3.34. The topological polar surface area (TPSA) is 58.7 Å². The van der Waals surface area contributed by atoms with Crippen molar-refractivity contribution in [2.45, 2.75) is 38.4 Å². The SMILES string of the molecule is COc1ccccc1C(C(C)N)N1CCC(C)C1CO. The van der Waals surface area contributed by atoms with Crippen molar-refractivity contribution in [2.24, 2.45) is 11.7 Å². The predicted octanol–water partition coefficient (Wildman–Crippen LogP) is 1.79. The molecule has 0 bridgehead atoms. The molecule has 1 aromatic rings. The first kappa shape index (κ1) is 15.3. The molecule has 4 unspecified atom stereocenters. The van der Waals surface area contributed by atoms with Gasteiger partial charge in [-0.25, -0.2) is 0 Å². The summed E-state index contributed by atoms with van der Waals surface area (Å²) in [6, 6.07) is 8.26. The zero-order valence-corrected chi connectivity index (χ0v) is 12.6. The molecule has 4 heteroatoms. The first-order valence-electron chi connectivity index (χ1n) is 7.35. The second-order valence-electron chi connectivity index (χ2n) is 5.80. The van der Waals surface area contributed by atoms with Gasteiger partial charge in [0.25, 0.3) is 0 Å². The average molecular weight is 278 g/mol. The molecule has 1 fully saturated rings. The van der Waals surface area contributed by atoms with Crippen LogP contribution in [0.4, 0.5) is 0 Å². The molecule has 3 N–H and O–H groups in total. The highest BCUT2D eigenvalue weighted by atomic mass is 16.5. The van der Waals surface area contributed by atoms with Crippen molar-refractivity contribution in [3.63, 3.8) is 0 Å². The summed E-state index contributed by atoms with van der Waals surface area (Å²) < 4.78 is 5.49. The van der Waals surface area contributed by atoms with Gasteiger partial charge in [0.15, 0.2) is 0 Å². The molecule has 1 aromatic carbocycles. The Kier molecular flexibility index (Phi) is 5.02. The van der Waals surface area contributed by atoms with Crippen molar-refractivity contribution in [1.82, 2.24) is 4.90 Å². The van der Waals surface area contributed by atoms with Crippen LogP contribution >= 0.6 is 0 Å². The first-order valence-corrected chi connectivity index (χ1v) is 7.35. The normalized spacial score (nSPS) is 26.4. The summed E-state index contributed by atoms with van der Waals surface area (Å²) in [6.45, 7) is 5.37. The summed E-state index contributed by atoms with van der Waals surface area (Å²) in [5, 5.41) is 9.70. The lowest BCUT2D eigenvalue weighted by Crippen LogP contribution is -2.44. The summed E-state index contributed by atoms with van der Waals surface area (Å²) in [6.07, 6.45) is 1.10. The number of nitrogens with two attached hydrogens (primary N) is 1. The molecule has 4 nitrogen and oxygen atoms in total. The van der Waals surface area contributed by atoms with Gasteiger partial charge in [-0.15, -0.1) is 0 Å². The van der Waals surface area contributed by atoms with Gasteiger partial charge in [0.2, 0.25) is 0 Å². The molecule has 0 radical (unpaired) electrons. The third kappa shape index (κ3) is 2.82. The van der Waals surface area contributed by atoms with Crippen LogP contribution in [0, 0.1) is 5.92 Å². The highest BCUT2D eigenvalue weighted by molar-refractivity contribution is 5.37. The van der Waals surface area contributed by atoms with Crippen LogP contribution in [-0.4, -0.2) is 42.4 Å². The maximum Gasteiger partial charge on any atom is 0.123 e. The van der Waals surface area contributed by atoms with Gasteiger partial charge >= 0.3 is 0 Å². The van der Waals surface area contributed by atoms with Crippen LogP contribution in [-0.2, 0) is 0 Å². The van der Waals surface area contributed by atoms with Crippen LogP contribution in [0.1, 0.15) is 31.9 Å². The molecule has 1 aliphatic heterocycles. The molecular weight excluding hydrogens is 252 g/mol. The minimum Gasteiger partial charge on any atom is -0.496 e. The molecule has 0 amide bonds. The van der Waals surface area contributed by atoms with Crippen molar-refractivity contribution in [2.75, 3.05) is 20.3 Å². The van der Waals surface area contributed by atoms with Gasteiger partial charge in [-0.05, 0) is 31.9 Å². The number of benzene rings is 1. The van der Waals surface area contributed by atoms with Crippen LogP contribution in [0.2, 0.25) is 0 Å². The molecule has 1 heterocycles. The van der Waals surface area contributed by atoms with Crippen molar-refractivity contribution in [3.05, 3.63) is 29.8 Å². The minimum absolute atomic E-state index is 0.0225. The third-order valence-corrected chi connectivity index (χ3v) is 4.43. The summed E-state index contributed by atoms with van der Waals surface area (Å²) in [5.41, 5.74) is 7.36. The number of aliphatic hydroxyl groups is 1. The number of nitrogens with zero attached hydrogens (tertiary/aromatic N) is 1. The van der Waals surface area contributed by atoms with Crippen LogP contribution in [0.3, 0.4) is 0 Å². The Bertz CT molecular complexity index is 436. The first-order chi connectivity index (χ1) is 9.60. The van der Waals surface area contributed by atoms with E-state index in [0.717, 1.165) is 24.3 Å². The zero-order valence-electron chi connectivity index (χ0n) is 12.6. The van der Waals surface area contributed by atoms with E-state index >= 15 is 0 Å². The molecule has 0 aliphatic carbocycles. The minimum atomic E-state index is -0.0225. The number of ether oxygens (including phenoxy) is 1. The lowest BCUT2D eigenvalue weighted by molar-refractivity contribution is 0.0915. The fraction of sp³-hybridized carbons (Fsp3) is 0.625. The summed E-state index contributed by atoms with van der Waals surface area (Å²) in [5.74, 6) is 1.36. The lowest BCUT2D eigenvalue weighted by atomic mass is 9.96. The van der Waals surface area contributed by atoms with Crippen LogP contribution < -0.4 is 10.5 Å². The van der Waals surface area contributed by atoms with Crippen LogP contribution in [0.5, 0.6) is 5.75 Å². The second kappa shape index (κ2) is 6.57. The maximum atomic E-state index is 9.70. The number of hydrogen-bond donors (Lipinski definition) is 2. The second-order valence-corrected chi connectivity index (χ2v) is 5.80. The Morgan fingerprint density at radius 3 is 2.75 bits per heavy atom. The highest BCUT2D eigenvalue weighted by Crippen LogP contribution is 2.37. The van der Waals surface area contributed by atoms with E-state index in [9.17, 15) is 5.11 Å². The average Bonchev–Trinajstić information content (AvgIpc) is 2.80. The molecule has 4 atom stereocenters. The Morgan fingerprint density at radius 2 is 2.15 bits per heavy atom. The van der Waals surface area contributed by atoms with Gasteiger partial charge in [-0.2, -0.15) is 0 Å². The maximum absolute atomic E-state index is 9.70. The quantitative estimate of drug-likeness (QED) is 0.862. The Labute approximate surface area is 121 Å². The van der Waals surface area contributed by atoms with Crippen LogP contribution in [0.15, 0.2) is 24.3 Å². The Morgan fingerprint density at radius 1 is 1.45 bits per heavy atom. The monoisotopic (exact) mass is 278 g/mol. The van der Waals surface area contributed by atoms with Gasteiger partial charge in [-0.1, -0.05) is 25.1 Å². The number of rotatable bonds is 5. The van der Waals surface area contributed by atoms with Crippen molar-refractivity contribution >= 4 is 0 Å². The predicted molar refractivity (Wildman–Crippen MR) is 80.7 cm³/mol. The van der Waals surface area contributed by atoms with Crippen molar-refractivity contribution in [1.29, 1.82) is 0 Å². The Balaban J connectivity index is 2.36. The van der Waals surface area contributed by atoms with Crippen molar-refractivity contribution < 1.29 is 9.84 Å². The zero-order chi connectivity index (χ0) is 14.7. The molecule has 0 spiro atoms. The fourth-order valence-corrected chi connectivity index (χ4v) is 3.34. The highest BCUT2D eigenvalue weighted by Gasteiger charge is 2.38. The molecular formula is C16H26N2O2. The van der Waals surface area contributed by atoms with E-state index < -0.39 is 0 Å². The number of likely N-dealkylation sites (tertiary alicyclic amines) is 1. The standard InChI is InChI=1S/C16H26N2O2/c1-11-8-9-18(14(11)10-19)16(12(2)17)13-6-4-5-7-15(13)20-3/h4-7,11-12,14,16,19H,8-10,17H2,1-3H3. The smallest absolute Gasteiger partial charge is 0.123 e.